The Hall–Kier alpha value is -1.86. The second-order valence-corrected chi connectivity index (χ2v) is 8.50. The lowest BCUT2D eigenvalue weighted by atomic mass is 10.0. The lowest BCUT2D eigenvalue weighted by molar-refractivity contribution is -0.118. The predicted molar refractivity (Wildman–Crippen MR) is 102 cm³/mol. The van der Waals surface area contributed by atoms with Crippen molar-refractivity contribution in [2.24, 2.45) is 0 Å². The molecule has 25 heavy (non-hydrogen) atoms. The van der Waals surface area contributed by atoms with E-state index in [0.717, 1.165) is 28.6 Å². The predicted octanol–water partition coefficient (Wildman–Crippen LogP) is 3.94. The number of halogens is 1. The first-order chi connectivity index (χ1) is 11.9. The van der Waals surface area contributed by atoms with E-state index < -0.39 is 10.0 Å². The van der Waals surface area contributed by atoms with Crippen molar-refractivity contribution < 1.29 is 13.2 Å². The van der Waals surface area contributed by atoms with Gasteiger partial charge in [-0.1, -0.05) is 22.9 Å². The fraction of sp³-hybridized carbons (Fsp3) is 0.278. The maximum atomic E-state index is 12.5. The minimum absolute atomic E-state index is 0.0872. The van der Waals surface area contributed by atoms with E-state index in [9.17, 15) is 13.2 Å². The number of carbonyl (C=O) groups excluding carboxylic acids is 1. The maximum Gasteiger partial charge on any atom is 0.261 e. The van der Waals surface area contributed by atoms with Gasteiger partial charge >= 0.3 is 0 Å². The summed E-state index contributed by atoms with van der Waals surface area (Å²) in [7, 11) is -3.64. The molecule has 0 aromatic heterocycles. The van der Waals surface area contributed by atoms with E-state index in [-0.39, 0.29) is 10.8 Å². The van der Waals surface area contributed by atoms with E-state index >= 15 is 0 Å². The molecule has 0 saturated heterocycles. The summed E-state index contributed by atoms with van der Waals surface area (Å²) in [5, 5.41) is 0. The van der Waals surface area contributed by atoms with Crippen molar-refractivity contribution in [3.63, 3.8) is 0 Å². The number of anilines is 2. The number of nitrogens with zero attached hydrogens (tertiary/aromatic N) is 1. The monoisotopic (exact) mass is 422 g/mol. The Morgan fingerprint density at radius 1 is 1.20 bits per heavy atom. The van der Waals surface area contributed by atoms with Gasteiger partial charge in [0, 0.05) is 28.8 Å². The molecule has 2 aromatic rings. The molecule has 0 spiro atoms. The van der Waals surface area contributed by atoms with Crippen LogP contribution in [0.3, 0.4) is 0 Å². The highest BCUT2D eigenvalue weighted by atomic mass is 79.9. The topological polar surface area (TPSA) is 66.5 Å². The van der Waals surface area contributed by atoms with Crippen LogP contribution in [0.15, 0.2) is 51.8 Å². The number of carbonyl (C=O) groups is 1. The van der Waals surface area contributed by atoms with Crippen LogP contribution in [0.2, 0.25) is 0 Å². The zero-order chi connectivity index (χ0) is 18.0. The second-order valence-electron chi connectivity index (χ2n) is 5.91. The third-order valence-electron chi connectivity index (χ3n) is 4.18. The van der Waals surface area contributed by atoms with Crippen LogP contribution in [-0.2, 0) is 21.2 Å². The molecule has 2 aromatic carbocycles. The Morgan fingerprint density at radius 2 is 1.92 bits per heavy atom. The Bertz CT molecular complexity index is 895. The summed E-state index contributed by atoms with van der Waals surface area (Å²) in [5.41, 5.74) is 2.38. The van der Waals surface area contributed by atoms with Crippen LogP contribution < -0.4 is 9.62 Å². The van der Waals surface area contributed by atoms with Gasteiger partial charge in [0.1, 0.15) is 0 Å². The molecule has 7 heteroatoms. The first-order valence-electron chi connectivity index (χ1n) is 8.12. The molecule has 0 unspecified atom stereocenters. The molecule has 0 bridgehead atoms. The molecule has 3 rings (SSSR count). The van der Waals surface area contributed by atoms with Crippen molar-refractivity contribution in [2.45, 2.75) is 31.1 Å². The summed E-state index contributed by atoms with van der Waals surface area (Å²) >= 11 is 3.30. The molecule has 0 atom stereocenters. The van der Waals surface area contributed by atoms with E-state index in [0.29, 0.717) is 18.7 Å². The number of benzene rings is 2. The normalized spacial score (nSPS) is 14.1. The molecule has 1 aliphatic rings. The Morgan fingerprint density at radius 3 is 2.60 bits per heavy atom. The standard InChI is InChI=1S/C18H19BrN2O3S/c1-2-18(22)21-11-3-4-13-12-15(7-10-17(13)21)20-25(23,24)16-8-5-14(19)6-9-16/h5-10,12,20H,2-4,11H2,1H3. The molecule has 0 aliphatic carbocycles. The fourth-order valence-corrected chi connectivity index (χ4v) is 4.25. The van der Waals surface area contributed by atoms with Gasteiger partial charge in [0.05, 0.1) is 4.90 Å². The molecule has 1 amide bonds. The van der Waals surface area contributed by atoms with Gasteiger partial charge in [-0.2, -0.15) is 0 Å². The van der Waals surface area contributed by atoms with E-state index in [1.807, 2.05) is 19.1 Å². The average Bonchev–Trinajstić information content (AvgIpc) is 2.60. The van der Waals surface area contributed by atoms with E-state index in [1.54, 1.807) is 35.2 Å². The van der Waals surface area contributed by atoms with Crippen LogP contribution in [0.5, 0.6) is 0 Å². The van der Waals surface area contributed by atoms with Crippen LogP contribution in [0, 0.1) is 0 Å². The smallest absolute Gasteiger partial charge is 0.261 e. The number of amides is 1. The van der Waals surface area contributed by atoms with Gasteiger partial charge in [0.25, 0.3) is 10.0 Å². The lowest BCUT2D eigenvalue weighted by Crippen LogP contribution is -2.34. The maximum absolute atomic E-state index is 12.5. The summed E-state index contributed by atoms with van der Waals surface area (Å²) in [5.74, 6) is 0.0872. The van der Waals surface area contributed by atoms with Gasteiger partial charge < -0.3 is 4.90 Å². The van der Waals surface area contributed by atoms with Crippen LogP contribution >= 0.6 is 15.9 Å². The van der Waals surface area contributed by atoms with Crippen LogP contribution in [0.25, 0.3) is 0 Å². The van der Waals surface area contributed by atoms with Gasteiger partial charge in [-0.15, -0.1) is 0 Å². The fourth-order valence-electron chi connectivity index (χ4n) is 2.94. The number of sulfonamides is 1. The summed E-state index contributed by atoms with van der Waals surface area (Å²) in [4.78, 5) is 14.1. The van der Waals surface area contributed by atoms with E-state index in [1.165, 1.54) is 0 Å². The molecule has 132 valence electrons. The summed E-state index contributed by atoms with van der Waals surface area (Å²) in [6, 6.07) is 11.8. The van der Waals surface area contributed by atoms with Gasteiger partial charge in [0.2, 0.25) is 5.91 Å². The SMILES string of the molecule is CCC(=O)N1CCCc2cc(NS(=O)(=O)c3ccc(Br)cc3)ccc21. The van der Waals surface area contributed by atoms with Crippen molar-refractivity contribution in [1.82, 2.24) is 0 Å². The Balaban J connectivity index is 1.87. The average molecular weight is 423 g/mol. The second kappa shape index (κ2) is 7.17. The zero-order valence-electron chi connectivity index (χ0n) is 13.8. The molecule has 1 heterocycles. The van der Waals surface area contributed by atoms with E-state index in [4.69, 9.17) is 0 Å². The summed E-state index contributed by atoms with van der Waals surface area (Å²) in [6.45, 7) is 2.56. The van der Waals surface area contributed by atoms with Crippen LogP contribution in [0.4, 0.5) is 11.4 Å². The van der Waals surface area contributed by atoms with Gasteiger partial charge in [-0.05, 0) is 60.9 Å². The Labute approximate surface area is 156 Å². The number of hydrogen-bond acceptors (Lipinski definition) is 3. The lowest BCUT2D eigenvalue weighted by Gasteiger charge is -2.29. The van der Waals surface area contributed by atoms with Crippen molar-refractivity contribution in [1.29, 1.82) is 0 Å². The largest absolute Gasteiger partial charge is 0.312 e. The molecule has 0 fully saturated rings. The van der Waals surface area contributed by atoms with Crippen LogP contribution in [0.1, 0.15) is 25.3 Å². The highest BCUT2D eigenvalue weighted by Gasteiger charge is 2.22. The van der Waals surface area contributed by atoms with Crippen molar-refractivity contribution in [2.75, 3.05) is 16.2 Å². The van der Waals surface area contributed by atoms with Gasteiger partial charge in [0.15, 0.2) is 0 Å². The van der Waals surface area contributed by atoms with Gasteiger partial charge in [-0.25, -0.2) is 8.42 Å². The first-order valence-corrected chi connectivity index (χ1v) is 10.4. The zero-order valence-corrected chi connectivity index (χ0v) is 16.2. The quantitative estimate of drug-likeness (QED) is 0.810. The van der Waals surface area contributed by atoms with Crippen molar-refractivity contribution >= 4 is 43.2 Å². The van der Waals surface area contributed by atoms with E-state index in [2.05, 4.69) is 20.7 Å². The molecule has 0 saturated carbocycles. The summed E-state index contributed by atoms with van der Waals surface area (Å²) in [6.07, 6.45) is 2.16. The van der Waals surface area contributed by atoms with Crippen LogP contribution in [-0.4, -0.2) is 20.9 Å². The highest BCUT2D eigenvalue weighted by molar-refractivity contribution is 9.10. The molecule has 0 radical (unpaired) electrons. The molecular formula is C18H19BrN2O3S. The number of fused-ring (bicyclic) bond motifs is 1. The first kappa shape index (κ1) is 17.9. The third-order valence-corrected chi connectivity index (χ3v) is 6.10. The minimum Gasteiger partial charge on any atom is -0.312 e. The van der Waals surface area contributed by atoms with Crippen molar-refractivity contribution in [3.8, 4) is 0 Å². The van der Waals surface area contributed by atoms with Gasteiger partial charge in [-0.3, -0.25) is 9.52 Å². The number of rotatable bonds is 4. The number of hydrogen-bond donors (Lipinski definition) is 1. The molecule has 1 aliphatic heterocycles. The van der Waals surface area contributed by atoms with Crippen molar-refractivity contribution in [3.05, 3.63) is 52.5 Å². The summed E-state index contributed by atoms with van der Waals surface area (Å²) < 4.78 is 28.5. The number of aryl methyl sites for hydroxylation is 1. The Kier molecular flexibility index (Phi) is 5.15. The highest BCUT2D eigenvalue weighted by Crippen LogP contribution is 2.31. The molecule has 5 nitrogen and oxygen atoms in total. The minimum atomic E-state index is -3.64. The third kappa shape index (κ3) is 3.88. The number of nitrogens with one attached hydrogen (secondary N) is 1. The molecular weight excluding hydrogens is 404 g/mol. The molecule has 1 N–H and O–H groups in total.